The molecule has 0 aromatic rings. The van der Waals surface area contributed by atoms with E-state index >= 15 is 0 Å². The molecule has 1 fully saturated rings. The normalized spacial score (nSPS) is 18.9. The van der Waals surface area contributed by atoms with Crippen molar-refractivity contribution in [2.75, 3.05) is 13.1 Å². The van der Waals surface area contributed by atoms with Gasteiger partial charge in [0.25, 0.3) is 0 Å². The Labute approximate surface area is 102 Å². The molecule has 1 nitrogen and oxygen atoms in total. The summed E-state index contributed by atoms with van der Waals surface area (Å²) in [4.78, 5) is 2.59. The molecule has 1 saturated heterocycles. The molecule has 0 spiro atoms. The summed E-state index contributed by atoms with van der Waals surface area (Å²) in [6, 6.07) is 0.724. The maximum absolute atomic E-state index is 3.30. The Kier molecular flexibility index (Phi) is 5.91. The largest absolute Gasteiger partial charge is 0.301 e. The molecule has 0 radical (unpaired) electrons. The van der Waals surface area contributed by atoms with Crippen molar-refractivity contribution in [3.63, 3.8) is 0 Å². The molecule has 92 valence electrons. The minimum absolute atomic E-state index is 0.530. The van der Waals surface area contributed by atoms with Crippen LogP contribution in [0.3, 0.4) is 0 Å². The molecule has 0 saturated carbocycles. The first-order valence-corrected chi connectivity index (χ1v) is 6.82. The SMILES string of the molecule is CC(C)C#CCCC1CCN(C(C)C)CC1. The second kappa shape index (κ2) is 6.97. The molecule has 0 atom stereocenters. The molecule has 16 heavy (non-hydrogen) atoms. The van der Waals surface area contributed by atoms with Crippen LogP contribution in [0.4, 0.5) is 0 Å². The molecule has 0 unspecified atom stereocenters. The van der Waals surface area contributed by atoms with Crippen molar-refractivity contribution in [2.45, 2.75) is 59.4 Å². The molecular weight excluding hydrogens is 194 g/mol. The van der Waals surface area contributed by atoms with Crippen LogP contribution in [0, 0.1) is 23.7 Å². The van der Waals surface area contributed by atoms with Gasteiger partial charge in [0, 0.05) is 18.4 Å². The minimum atomic E-state index is 0.530. The van der Waals surface area contributed by atoms with Gasteiger partial charge in [0.05, 0.1) is 0 Å². The number of nitrogens with zero attached hydrogens (tertiary/aromatic N) is 1. The third-order valence-electron chi connectivity index (χ3n) is 3.45. The van der Waals surface area contributed by atoms with Gasteiger partial charge in [-0.2, -0.15) is 0 Å². The predicted octanol–water partition coefficient (Wildman–Crippen LogP) is 3.55. The van der Waals surface area contributed by atoms with Gasteiger partial charge in [-0.15, -0.1) is 11.8 Å². The monoisotopic (exact) mass is 221 g/mol. The van der Waals surface area contributed by atoms with Crippen LogP contribution >= 0.6 is 0 Å². The molecule has 0 aromatic carbocycles. The molecule has 0 aliphatic carbocycles. The molecular formula is C15H27N. The van der Waals surface area contributed by atoms with E-state index in [1.54, 1.807) is 0 Å². The van der Waals surface area contributed by atoms with Gasteiger partial charge in [0.2, 0.25) is 0 Å². The van der Waals surface area contributed by atoms with Crippen LogP contribution in [0.25, 0.3) is 0 Å². The standard InChI is InChI=1S/C15H27N/c1-13(2)7-5-6-8-15-9-11-16(12-10-15)14(3)4/h13-15H,6,8-12H2,1-4H3. The van der Waals surface area contributed by atoms with Gasteiger partial charge in [0.15, 0.2) is 0 Å². The summed E-state index contributed by atoms with van der Waals surface area (Å²) in [5.74, 6) is 8.01. The zero-order chi connectivity index (χ0) is 12.0. The summed E-state index contributed by atoms with van der Waals surface area (Å²) >= 11 is 0. The highest BCUT2D eigenvalue weighted by Crippen LogP contribution is 2.22. The van der Waals surface area contributed by atoms with Crippen molar-refractivity contribution in [1.29, 1.82) is 0 Å². The van der Waals surface area contributed by atoms with Crippen molar-refractivity contribution >= 4 is 0 Å². The second-order valence-electron chi connectivity index (χ2n) is 5.59. The van der Waals surface area contributed by atoms with Crippen LogP contribution in [0.15, 0.2) is 0 Å². The smallest absolute Gasteiger partial charge is 0.0146 e. The van der Waals surface area contributed by atoms with Crippen molar-refractivity contribution in [2.24, 2.45) is 11.8 Å². The van der Waals surface area contributed by atoms with Gasteiger partial charge in [-0.05, 0) is 52.1 Å². The maximum Gasteiger partial charge on any atom is 0.0146 e. The maximum atomic E-state index is 3.30. The van der Waals surface area contributed by atoms with E-state index in [9.17, 15) is 0 Å². The summed E-state index contributed by atoms with van der Waals surface area (Å²) < 4.78 is 0. The second-order valence-corrected chi connectivity index (χ2v) is 5.59. The lowest BCUT2D eigenvalue weighted by atomic mass is 9.91. The lowest BCUT2D eigenvalue weighted by molar-refractivity contribution is 0.146. The quantitative estimate of drug-likeness (QED) is 0.659. The zero-order valence-corrected chi connectivity index (χ0v) is 11.4. The Hall–Kier alpha value is -0.480. The fourth-order valence-corrected chi connectivity index (χ4v) is 2.31. The lowest BCUT2D eigenvalue weighted by Gasteiger charge is -2.34. The molecule has 0 bridgehead atoms. The minimum Gasteiger partial charge on any atom is -0.301 e. The summed E-state index contributed by atoms with van der Waals surface area (Å²) in [5, 5.41) is 0. The van der Waals surface area contributed by atoms with E-state index in [-0.39, 0.29) is 0 Å². The van der Waals surface area contributed by atoms with Crippen LogP contribution in [0.2, 0.25) is 0 Å². The van der Waals surface area contributed by atoms with Crippen LogP contribution in [-0.4, -0.2) is 24.0 Å². The van der Waals surface area contributed by atoms with E-state index in [1.807, 2.05) is 0 Å². The summed E-state index contributed by atoms with van der Waals surface area (Å²) in [6.07, 6.45) is 5.17. The number of hydrogen-bond donors (Lipinski definition) is 0. The van der Waals surface area contributed by atoms with Crippen LogP contribution in [0.1, 0.15) is 53.4 Å². The van der Waals surface area contributed by atoms with E-state index < -0.39 is 0 Å². The highest BCUT2D eigenvalue weighted by atomic mass is 15.1. The number of hydrogen-bond acceptors (Lipinski definition) is 1. The van der Waals surface area contributed by atoms with Gasteiger partial charge in [-0.1, -0.05) is 13.8 Å². The number of likely N-dealkylation sites (tertiary alicyclic amines) is 1. The van der Waals surface area contributed by atoms with E-state index in [0.717, 1.165) is 18.4 Å². The third-order valence-corrected chi connectivity index (χ3v) is 3.45. The fraction of sp³-hybridized carbons (Fsp3) is 0.867. The lowest BCUT2D eigenvalue weighted by Crippen LogP contribution is -2.38. The predicted molar refractivity (Wildman–Crippen MR) is 71.3 cm³/mol. The molecule has 1 heterocycles. The Morgan fingerprint density at radius 1 is 1.12 bits per heavy atom. The first-order valence-electron chi connectivity index (χ1n) is 6.82. The van der Waals surface area contributed by atoms with Gasteiger partial charge in [-0.25, -0.2) is 0 Å². The summed E-state index contributed by atoms with van der Waals surface area (Å²) in [7, 11) is 0. The van der Waals surface area contributed by atoms with Crippen LogP contribution in [-0.2, 0) is 0 Å². The molecule has 0 aromatic heterocycles. The number of rotatable bonds is 3. The van der Waals surface area contributed by atoms with Crippen LogP contribution < -0.4 is 0 Å². The van der Waals surface area contributed by atoms with Crippen molar-refractivity contribution in [1.82, 2.24) is 4.90 Å². The van der Waals surface area contributed by atoms with E-state index in [4.69, 9.17) is 0 Å². The highest BCUT2D eigenvalue weighted by Gasteiger charge is 2.19. The third kappa shape index (κ3) is 5.03. The molecule has 1 aliphatic rings. The van der Waals surface area contributed by atoms with Gasteiger partial charge in [-0.3, -0.25) is 0 Å². The number of piperidine rings is 1. The Morgan fingerprint density at radius 2 is 1.75 bits per heavy atom. The van der Waals surface area contributed by atoms with Gasteiger partial charge < -0.3 is 4.90 Å². The average Bonchev–Trinajstić information content (AvgIpc) is 2.25. The molecule has 0 amide bonds. The first-order chi connectivity index (χ1) is 7.59. The summed E-state index contributed by atoms with van der Waals surface area (Å²) in [6.45, 7) is 11.5. The van der Waals surface area contributed by atoms with Crippen molar-refractivity contribution in [3.05, 3.63) is 0 Å². The fourth-order valence-electron chi connectivity index (χ4n) is 2.31. The van der Waals surface area contributed by atoms with Gasteiger partial charge >= 0.3 is 0 Å². The van der Waals surface area contributed by atoms with Crippen molar-refractivity contribution < 1.29 is 0 Å². The zero-order valence-electron chi connectivity index (χ0n) is 11.4. The molecule has 1 rings (SSSR count). The molecule has 1 heteroatoms. The van der Waals surface area contributed by atoms with Crippen LogP contribution in [0.5, 0.6) is 0 Å². The topological polar surface area (TPSA) is 3.24 Å². The highest BCUT2D eigenvalue weighted by molar-refractivity contribution is 5.01. The summed E-state index contributed by atoms with van der Waals surface area (Å²) in [5.41, 5.74) is 0. The first kappa shape index (κ1) is 13.6. The van der Waals surface area contributed by atoms with E-state index in [0.29, 0.717) is 5.92 Å². The Morgan fingerprint density at radius 3 is 2.25 bits per heavy atom. The molecule has 0 N–H and O–H groups in total. The van der Waals surface area contributed by atoms with Gasteiger partial charge in [0.1, 0.15) is 0 Å². The van der Waals surface area contributed by atoms with Crippen molar-refractivity contribution in [3.8, 4) is 11.8 Å². The van der Waals surface area contributed by atoms with E-state index in [1.165, 1.54) is 32.4 Å². The average molecular weight is 221 g/mol. The van der Waals surface area contributed by atoms with E-state index in [2.05, 4.69) is 44.4 Å². The Balaban J connectivity index is 2.16. The molecule has 1 aliphatic heterocycles. The Bertz CT molecular complexity index is 236.